The lowest BCUT2D eigenvalue weighted by molar-refractivity contribution is -0.134. The van der Waals surface area contributed by atoms with Crippen molar-refractivity contribution in [2.75, 3.05) is 13.2 Å². The van der Waals surface area contributed by atoms with Gasteiger partial charge in [-0.2, -0.15) is 5.06 Å². The summed E-state index contributed by atoms with van der Waals surface area (Å²) in [6.07, 6.45) is 5.10. The molecule has 2 saturated heterocycles. The summed E-state index contributed by atoms with van der Waals surface area (Å²) in [7, 11) is 0. The van der Waals surface area contributed by atoms with E-state index in [1.54, 1.807) is 0 Å². The van der Waals surface area contributed by atoms with Crippen LogP contribution < -0.4 is 16.2 Å². The molecule has 2 atom stereocenters. The first kappa shape index (κ1) is 26.1. The highest BCUT2D eigenvalue weighted by Gasteiger charge is 2.48. The Labute approximate surface area is 201 Å². The molecule has 2 bridgehead atoms. The minimum atomic E-state index is -0.627. The fourth-order valence-electron chi connectivity index (χ4n) is 4.66. The van der Waals surface area contributed by atoms with Crippen LogP contribution in [0.1, 0.15) is 79.1 Å². The summed E-state index contributed by atoms with van der Waals surface area (Å²) < 4.78 is 5.28. The van der Waals surface area contributed by atoms with Crippen molar-refractivity contribution < 1.29 is 28.8 Å². The third kappa shape index (κ3) is 6.74. The van der Waals surface area contributed by atoms with E-state index in [4.69, 9.17) is 9.57 Å². The molecular formula is C23H39N5O6. The molecule has 2 aliphatic heterocycles. The number of amides is 5. The molecule has 0 aromatic rings. The standard InChI is InChI=1S/C23H39N5O6/c1-5-6-13-33-28-17-11-12-18(27(14-17)22(28)32)20(30)26-25-19(29)15-7-9-16(10-8-15)24-21(31)34-23(2,3)4/h15-18H,5-14H2,1-4H3,(H,24,31)(H,25,29)(H,26,30)/t15?,16?,17?,18-/m0/s1. The van der Waals surface area contributed by atoms with Crippen LogP contribution in [0.25, 0.3) is 0 Å². The van der Waals surface area contributed by atoms with Gasteiger partial charge in [-0.15, -0.1) is 0 Å². The van der Waals surface area contributed by atoms with Crippen molar-refractivity contribution in [1.82, 2.24) is 26.1 Å². The number of unbranched alkanes of at least 4 members (excludes halogenated alkanes) is 1. The highest BCUT2D eigenvalue weighted by Crippen LogP contribution is 2.30. The largest absolute Gasteiger partial charge is 0.444 e. The molecule has 3 aliphatic rings. The van der Waals surface area contributed by atoms with Crippen molar-refractivity contribution in [3.8, 4) is 0 Å². The van der Waals surface area contributed by atoms with Gasteiger partial charge >= 0.3 is 12.1 Å². The Balaban J connectivity index is 1.40. The summed E-state index contributed by atoms with van der Waals surface area (Å²) in [6, 6.07) is -0.988. The lowest BCUT2D eigenvalue weighted by Crippen LogP contribution is -2.55. The van der Waals surface area contributed by atoms with Crippen LogP contribution >= 0.6 is 0 Å². The molecule has 2 heterocycles. The summed E-state index contributed by atoms with van der Waals surface area (Å²) in [6.45, 7) is 8.42. The van der Waals surface area contributed by atoms with E-state index < -0.39 is 23.6 Å². The molecule has 0 spiro atoms. The summed E-state index contributed by atoms with van der Waals surface area (Å²) in [5, 5.41) is 4.26. The molecule has 3 N–H and O–H groups in total. The number of carbonyl (C=O) groups is 4. The van der Waals surface area contributed by atoms with Crippen LogP contribution in [0.15, 0.2) is 0 Å². The van der Waals surface area contributed by atoms with Crippen LogP contribution in [0.3, 0.4) is 0 Å². The number of hydroxylamine groups is 2. The molecule has 3 rings (SSSR count). The first-order valence-corrected chi connectivity index (χ1v) is 12.4. The normalized spacial score (nSPS) is 26.8. The van der Waals surface area contributed by atoms with Crippen LogP contribution in [-0.2, 0) is 19.2 Å². The number of urea groups is 1. The maximum atomic E-state index is 12.7. The predicted octanol–water partition coefficient (Wildman–Crippen LogP) is 2.22. The molecule has 1 aliphatic carbocycles. The van der Waals surface area contributed by atoms with Crippen molar-refractivity contribution in [1.29, 1.82) is 0 Å². The van der Waals surface area contributed by atoms with Gasteiger partial charge in [0.1, 0.15) is 11.6 Å². The highest BCUT2D eigenvalue weighted by molar-refractivity contribution is 5.90. The SMILES string of the molecule is CCCCON1C(=O)N2CC1CC[C@H]2C(=O)NNC(=O)C1CCC(NC(=O)OC(C)(C)C)CC1. The van der Waals surface area contributed by atoms with Crippen molar-refractivity contribution in [3.05, 3.63) is 0 Å². The van der Waals surface area contributed by atoms with Gasteiger partial charge in [0, 0.05) is 18.5 Å². The molecular weight excluding hydrogens is 442 g/mol. The van der Waals surface area contributed by atoms with Crippen LogP contribution in [0, 0.1) is 5.92 Å². The molecule has 1 saturated carbocycles. The number of piperidine rings is 1. The second-order valence-electron chi connectivity index (χ2n) is 10.4. The van der Waals surface area contributed by atoms with Crippen LogP contribution in [0.5, 0.6) is 0 Å². The number of rotatable bonds is 7. The number of fused-ring (bicyclic) bond motifs is 2. The monoisotopic (exact) mass is 481 g/mol. The molecule has 0 aromatic carbocycles. The Bertz CT molecular complexity index is 761. The van der Waals surface area contributed by atoms with E-state index in [9.17, 15) is 19.2 Å². The van der Waals surface area contributed by atoms with Gasteiger partial charge in [0.15, 0.2) is 0 Å². The van der Waals surface area contributed by atoms with Gasteiger partial charge in [-0.3, -0.25) is 25.3 Å². The quantitative estimate of drug-likeness (QED) is 0.378. The fraction of sp³-hybridized carbons (Fsp3) is 0.826. The zero-order chi connectivity index (χ0) is 24.9. The van der Waals surface area contributed by atoms with Gasteiger partial charge in [-0.25, -0.2) is 9.59 Å². The number of hydrogen-bond donors (Lipinski definition) is 3. The summed E-state index contributed by atoms with van der Waals surface area (Å²) in [5.41, 5.74) is 4.48. The maximum absolute atomic E-state index is 12.7. The molecule has 0 aromatic heterocycles. The van der Waals surface area contributed by atoms with Gasteiger partial charge in [0.05, 0.1) is 12.6 Å². The predicted molar refractivity (Wildman–Crippen MR) is 123 cm³/mol. The molecule has 1 unspecified atom stereocenters. The smallest absolute Gasteiger partial charge is 0.407 e. The second kappa shape index (κ2) is 11.2. The third-order valence-corrected chi connectivity index (χ3v) is 6.48. The van der Waals surface area contributed by atoms with Gasteiger partial charge in [0.25, 0.3) is 5.91 Å². The van der Waals surface area contributed by atoms with Crippen molar-refractivity contribution >= 4 is 23.9 Å². The first-order chi connectivity index (χ1) is 16.1. The number of hydrazine groups is 1. The van der Waals surface area contributed by atoms with Crippen LogP contribution in [-0.4, -0.2) is 70.8 Å². The van der Waals surface area contributed by atoms with E-state index in [0.29, 0.717) is 51.7 Å². The lowest BCUT2D eigenvalue weighted by atomic mass is 9.85. The van der Waals surface area contributed by atoms with Gasteiger partial charge in [-0.05, 0) is 65.7 Å². The minimum Gasteiger partial charge on any atom is -0.444 e. The van der Waals surface area contributed by atoms with Gasteiger partial charge < -0.3 is 15.0 Å². The lowest BCUT2D eigenvalue weighted by Gasteiger charge is -2.31. The van der Waals surface area contributed by atoms with Crippen LogP contribution in [0.2, 0.25) is 0 Å². The molecule has 0 radical (unpaired) electrons. The molecule has 11 heteroatoms. The number of carbonyl (C=O) groups excluding carboxylic acids is 4. The Hall–Kier alpha value is -2.56. The van der Waals surface area contributed by atoms with Crippen molar-refractivity contribution in [3.63, 3.8) is 0 Å². The van der Waals surface area contributed by atoms with E-state index in [0.717, 1.165) is 12.8 Å². The minimum absolute atomic E-state index is 0.0347. The van der Waals surface area contributed by atoms with E-state index in [1.165, 1.54) is 9.96 Å². The van der Waals surface area contributed by atoms with Crippen molar-refractivity contribution in [2.45, 2.75) is 103 Å². The number of alkyl carbamates (subject to hydrolysis) is 1. The average Bonchev–Trinajstić information content (AvgIpc) is 3.01. The zero-order valence-electron chi connectivity index (χ0n) is 20.7. The Kier molecular flexibility index (Phi) is 8.62. The van der Waals surface area contributed by atoms with E-state index in [-0.39, 0.29) is 29.9 Å². The molecule has 3 fully saturated rings. The summed E-state index contributed by atoms with van der Waals surface area (Å²) in [5.74, 6) is -0.894. The highest BCUT2D eigenvalue weighted by atomic mass is 16.7. The molecule has 192 valence electrons. The van der Waals surface area contributed by atoms with Gasteiger partial charge in [0.2, 0.25) is 5.91 Å². The van der Waals surface area contributed by atoms with Crippen LogP contribution in [0.4, 0.5) is 9.59 Å². The zero-order valence-corrected chi connectivity index (χ0v) is 20.7. The maximum Gasteiger partial charge on any atom is 0.407 e. The number of nitrogens with zero attached hydrogens (tertiary/aromatic N) is 2. The van der Waals surface area contributed by atoms with E-state index in [2.05, 4.69) is 23.1 Å². The Morgan fingerprint density at radius 3 is 2.32 bits per heavy atom. The van der Waals surface area contributed by atoms with Crippen molar-refractivity contribution in [2.24, 2.45) is 5.92 Å². The van der Waals surface area contributed by atoms with E-state index >= 15 is 0 Å². The summed E-state index contributed by atoms with van der Waals surface area (Å²) in [4.78, 5) is 57.1. The summed E-state index contributed by atoms with van der Waals surface area (Å²) >= 11 is 0. The third-order valence-electron chi connectivity index (χ3n) is 6.48. The second-order valence-corrected chi connectivity index (χ2v) is 10.4. The molecule has 5 amide bonds. The number of nitrogens with one attached hydrogen (secondary N) is 3. The number of ether oxygens (including phenoxy) is 1. The first-order valence-electron chi connectivity index (χ1n) is 12.4. The fourth-order valence-corrected chi connectivity index (χ4v) is 4.66. The molecule has 11 nitrogen and oxygen atoms in total. The number of hydrogen-bond acceptors (Lipinski definition) is 6. The average molecular weight is 482 g/mol. The topological polar surface area (TPSA) is 129 Å². The molecule has 34 heavy (non-hydrogen) atoms. The van der Waals surface area contributed by atoms with Gasteiger partial charge in [-0.1, -0.05) is 13.3 Å². The van der Waals surface area contributed by atoms with E-state index in [1.807, 2.05) is 20.8 Å². The Morgan fingerprint density at radius 2 is 1.68 bits per heavy atom. The Morgan fingerprint density at radius 1 is 1.00 bits per heavy atom.